The lowest BCUT2D eigenvalue weighted by molar-refractivity contribution is 0.370. The van der Waals surface area contributed by atoms with Crippen LogP contribution in [0.5, 0.6) is 5.75 Å². The molecule has 3 heterocycles. The number of aromatic nitrogens is 1. The molecule has 1 N–H and O–H groups in total. The van der Waals surface area contributed by atoms with E-state index in [1.54, 1.807) is 13.4 Å². The highest BCUT2D eigenvalue weighted by Crippen LogP contribution is 2.14. The van der Waals surface area contributed by atoms with E-state index in [1.807, 2.05) is 42.6 Å². The zero-order chi connectivity index (χ0) is 21.3. The van der Waals surface area contributed by atoms with Crippen molar-refractivity contribution in [3.8, 4) is 5.75 Å². The fraction of sp³-hybridized carbons (Fsp3) is 0.333. The standard InChI is InChI=1S/C24H29N5O2.HI/c1-30-21-9-7-20(8-10-21)19-27-24(26-13-11-22-5-4-18-31-22)29-16-14-28(15-17-29)23-6-2-3-12-25-23;/h2-10,12,18H,11,13-17,19H2,1H3,(H,26,27);1H. The van der Waals surface area contributed by atoms with Crippen molar-refractivity contribution in [2.24, 2.45) is 4.99 Å². The molecule has 3 aromatic rings. The van der Waals surface area contributed by atoms with Gasteiger partial charge in [0, 0.05) is 45.3 Å². The van der Waals surface area contributed by atoms with Crippen molar-refractivity contribution in [1.29, 1.82) is 0 Å². The van der Waals surface area contributed by atoms with Crippen LogP contribution in [0, 0.1) is 0 Å². The summed E-state index contributed by atoms with van der Waals surface area (Å²) in [6, 6.07) is 18.0. The minimum atomic E-state index is 0. The molecule has 0 bridgehead atoms. The Morgan fingerprint density at radius 3 is 2.53 bits per heavy atom. The molecule has 170 valence electrons. The highest BCUT2D eigenvalue weighted by atomic mass is 127. The first-order valence-corrected chi connectivity index (χ1v) is 10.7. The number of ether oxygens (including phenoxy) is 1. The third-order valence-electron chi connectivity index (χ3n) is 5.36. The van der Waals surface area contributed by atoms with Gasteiger partial charge < -0.3 is 24.3 Å². The van der Waals surface area contributed by atoms with E-state index in [-0.39, 0.29) is 24.0 Å². The first kappa shape index (κ1) is 23.9. The van der Waals surface area contributed by atoms with E-state index in [9.17, 15) is 0 Å². The molecule has 8 heteroatoms. The summed E-state index contributed by atoms with van der Waals surface area (Å²) >= 11 is 0. The van der Waals surface area contributed by atoms with Crippen molar-refractivity contribution in [3.63, 3.8) is 0 Å². The van der Waals surface area contributed by atoms with E-state index < -0.39 is 0 Å². The van der Waals surface area contributed by atoms with Crippen molar-refractivity contribution in [2.45, 2.75) is 13.0 Å². The molecule has 7 nitrogen and oxygen atoms in total. The number of furan rings is 1. The van der Waals surface area contributed by atoms with Crippen LogP contribution in [-0.2, 0) is 13.0 Å². The number of nitrogens with one attached hydrogen (secondary N) is 1. The quantitative estimate of drug-likeness (QED) is 0.276. The summed E-state index contributed by atoms with van der Waals surface area (Å²) in [5.74, 6) is 3.80. The van der Waals surface area contributed by atoms with Crippen LogP contribution in [0.2, 0.25) is 0 Å². The number of benzene rings is 1. The molecule has 0 aliphatic carbocycles. The van der Waals surface area contributed by atoms with Crippen LogP contribution in [0.3, 0.4) is 0 Å². The first-order valence-electron chi connectivity index (χ1n) is 10.7. The van der Waals surface area contributed by atoms with Gasteiger partial charge in [0.1, 0.15) is 17.3 Å². The zero-order valence-electron chi connectivity index (χ0n) is 18.3. The Balaban J connectivity index is 0.00000289. The number of pyridine rings is 1. The first-order chi connectivity index (χ1) is 15.3. The molecule has 1 saturated heterocycles. The number of halogens is 1. The van der Waals surface area contributed by atoms with Gasteiger partial charge in [-0.25, -0.2) is 9.98 Å². The molecule has 0 radical (unpaired) electrons. The molecule has 1 aliphatic rings. The second-order valence-electron chi connectivity index (χ2n) is 7.41. The van der Waals surface area contributed by atoms with Gasteiger partial charge >= 0.3 is 0 Å². The van der Waals surface area contributed by atoms with Crippen LogP contribution < -0.4 is 15.0 Å². The summed E-state index contributed by atoms with van der Waals surface area (Å²) < 4.78 is 10.7. The van der Waals surface area contributed by atoms with E-state index in [2.05, 4.69) is 38.3 Å². The van der Waals surface area contributed by atoms with Crippen LogP contribution >= 0.6 is 24.0 Å². The van der Waals surface area contributed by atoms with Gasteiger partial charge in [-0.3, -0.25) is 0 Å². The highest BCUT2D eigenvalue weighted by Gasteiger charge is 2.20. The van der Waals surface area contributed by atoms with E-state index >= 15 is 0 Å². The molecule has 32 heavy (non-hydrogen) atoms. The molecule has 1 fully saturated rings. The van der Waals surface area contributed by atoms with Crippen LogP contribution in [0.4, 0.5) is 5.82 Å². The Labute approximate surface area is 206 Å². The zero-order valence-corrected chi connectivity index (χ0v) is 20.6. The van der Waals surface area contributed by atoms with Crippen LogP contribution in [-0.4, -0.2) is 55.7 Å². The monoisotopic (exact) mass is 547 g/mol. The molecular weight excluding hydrogens is 517 g/mol. The van der Waals surface area contributed by atoms with Crippen molar-refractivity contribution in [3.05, 3.63) is 78.4 Å². The summed E-state index contributed by atoms with van der Waals surface area (Å²) in [6.45, 7) is 5.01. The van der Waals surface area contributed by atoms with E-state index in [0.717, 1.165) is 68.0 Å². The van der Waals surface area contributed by atoms with Crippen molar-refractivity contribution < 1.29 is 9.15 Å². The van der Waals surface area contributed by atoms with Gasteiger partial charge in [-0.2, -0.15) is 0 Å². The number of methoxy groups -OCH3 is 1. The number of piperazine rings is 1. The molecule has 0 amide bonds. The number of rotatable bonds is 7. The number of hydrogen-bond acceptors (Lipinski definition) is 5. The molecule has 0 saturated carbocycles. The normalized spacial score (nSPS) is 14.1. The summed E-state index contributed by atoms with van der Waals surface area (Å²) in [5, 5.41) is 3.53. The molecule has 1 aliphatic heterocycles. The van der Waals surface area contributed by atoms with Crippen molar-refractivity contribution >= 4 is 35.8 Å². The summed E-state index contributed by atoms with van der Waals surface area (Å²) in [4.78, 5) is 14.0. The number of aliphatic imine (C=N–C) groups is 1. The largest absolute Gasteiger partial charge is 0.497 e. The number of guanidine groups is 1. The summed E-state index contributed by atoms with van der Waals surface area (Å²) in [7, 11) is 1.68. The lowest BCUT2D eigenvalue weighted by atomic mass is 10.2. The lowest BCUT2D eigenvalue weighted by Gasteiger charge is -2.37. The second kappa shape index (κ2) is 12.3. The Morgan fingerprint density at radius 1 is 1.06 bits per heavy atom. The number of nitrogens with zero attached hydrogens (tertiary/aromatic N) is 4. The van der Waals surface area contributed by atoms with E-state index in [4.69, 9.17) is 14.1 Å². The minimum Gasteiger partial charge on any atom is -0.497 e. The number of anilines is 1. The third kappa shape index (κ3) is 6.62. The Kier molecular flexibility index (Phi) is 9.21. The van der Waals surface area contributed by atoms with Crippen molar-refractivity contribution in [1.82, 2.24) is 15.2 Å². The predicted octanol–water partition coefficient (Wildman–Crippen LogP) is 3.81. The second-order valence-corrected chi connectivity index (χ2v) is 7.41. The van der Waals surface area contributed by atoms with Gasteiger partial charge in [0.25, 0.3) is 0 Å². The average Bonchev–Trinajstić information content (AvgIpc) is 3.36. The predicted molar refractivity (Wildman–Crippen MR) is 138 cm³/mol. The number of hydrogen-bond donors (Lipinski definition) is 1. The maximum Gasteiger partial charge on any atom is 0.194 e. The van der Waals surface area contributed by atoms with Crippen LogP contribution in [0.1, 0.15) is 11.3 Å². The van der Waals surface area contributed by atoms with Gasteiger partial charge in [-0.1, -0.05) is 18.2 Å². The molecule has 1 aromatic carbocycles. The van der Waals surface area contributed by atoms with Crippen molar-refractivity contribution in [2.75, 3.05) is 44.7 Å². The van der Waals surface area contributed by atoms with E-state index in [0.29, 0.717) is 6.54 Å². The maximum absolute atomic E-state index is 5.46. The SMILES string of the molecule is COc1ccc(CN=C(NCCc2ccco2)N2CCN(c3ccccn3)CC2)cc1.I. The van der Waals surface area contributed by atoms with Gasteiger partial charge in [0.15, 0.2) is 5.96 Å². The van der Waals surface area contributed by atoms with Crippen LogP contribution in [0.15, 0.2) is 76.5 Å². The topological polar surface area (TPSA) is 66.1 Å². The van der Waals surface area contributed by atoms with E-state index in [1.165, 1.54) is 0 Å². The molecule has 4 rings (SSSR count). The van der Waals surface area contributed by atoms with Gasteiger partial charge in [0.2, 0.25) is 0 Å². The fourth-order valence-electron chi connectivity index (χ4n) is 3.61. The lowest BCUT2D eigenvalue weighted by Crippen LogP contribution is -2.53. The summed E-state index contributed by atoms with van der Waals surface area (Å²) in [6.07, 6.45) is 4.38. The molecular formula is C24H30IN5O2. The molecule has 0 atom stereocenters. The smallest absolute Gasteiger partial charge is 0.194 e. The average molecular weight is 547 g/mol. The molecule has 0 spiro atoms. The van der Waals surface area contributed by atoms with Gasteiger partial charge in [-0.05, 0) is 42.0 Å². The Bertz CT molecular complexity index is 940. The fourth-order valence-corrected chi connectivity index (χ4v) is 3.61. The molecule has 2 aromatic heterocycles. The molecule has 0 unspecified atom stereocenters. The minimum absolute atomic E-state index is 0. The maximum atomic E-state index is 5.46. The van der Waals surface area contributed by atoms with Gasteiger partial charge in [0.05, 0.1) is 19.9 Å². The Hall–Kier alpha value is -2.75. The van der Waals surface area contributed by atoms with Crippen LogP contribution in [0.25, 0.3) is 0 Å². The van der Waals surface area contributed by atoms with Gasteiger partial charge in [-0.15, -0.1) is 24.0 Å². The summed E-state index contributed by atoms with van der Waals surface area (Å²) in [5.41, 5.74) is 1.15. The highest BCUT2D eigenvalue weighted by molar-refractivity contribution is 14.0. The third-order valence-corrected chi connectivity index (χ3v) is 5.36. The Morgan fingerprint density at radius 2 is 1.88 bits per heavy atom.